The van der Waals surface area contributed by atoms with Crippen LogP contribution in [-0.4, -0.2) is 95.9 Å². The van der Waals surface area contributed by atoms with E-state index in [0.717, 1.165) is 154 Å². The SMILES string of the molecule is CC/C=C\C/C=C\C/C=C\C/C=C\C/C=C\CCCCCCCCCCCCCCCCCCCCCC(=O)OCC(O)COP(=O)(O)OCC(O)COP(=O)(O)OCC(COC(=O)CCCCCCCCC/C=C\C/C=C\C/C=C\C/C=C\C/C=C\CC)OC(=O)CCCCCCCCCCCCCCC. The van der Waals surface area contributed by atoms with Gasteiger partial charge in [0.2, 0.25) is 0 Å². The zero-order chi connectivity index (χ0) is 78.0. The minimum absolute atomic E-state index is 0.105. The molecule has 0 bridgehead atoms. The number of carbonyl (C=O) groups excluding carboxylic acids is 3. The van der Waals surface area contributed by atoms with Crippen LogP contribution in [0.15, 0.2) is 122 Å². The van der Waals surface area contributed by atoms with Gasteiger partial charge in [-0.1, -0.05) is 361 Å². The molecule has 0 aliphatic rings. The maximum Gasteiger partial charge on any atom is 0.472 e. The van der Waals surface area contributed by atoms with Gasteiger partial charge in [0, 0.05) is 19.3 Å². The maximum atomic E-state index is 13.0. The Morgan fingerprint density at radius 1 is 0.271 bits per heavy atom. The van der Waals surface area contributed by atoms with Gasteiger partial charge in [0.25, 0.3) is 0 Å². The molecule has 5 atom stereocenters. The van der Waals surface area contributed by atoms with Crippen molar-refractivity contribution in [3.8, 4) is 0 Å². The van der Waals surface area contributed by atoms with Crippen LogP contribution < -0.4 is 0 Å². The number of unbranched alkanes of at least 4 members (excludes halogenated alkanes) is 38. The molecular formula is C89H156O16P2. The van der Waals surface area contributed by atoms with Crippen molar-refractivity contribution in [2.75, 3.05) is 39.6 Å². The number of carbonyl (C=O) groups is 3. The molecule has 18 heteroatoms. The number of hydrogen-bond acceptors (Lipinski definition) is 14. The molecule has 0 rings (SSSR count). The predicted molar refractivity (Wildman–Crippen MR) is 445 cm³/mol. The van der Waals surface area contributed by atoms with E-state index in [1.54, 1.807) is 0 Å². The molecule has 0 heterocycles. The summed E-state index contributed by atoms with van der Waals surface area (Å²) >= 11 is 0. The molecule has 0 spiro atoms. The Morgan fingerprint density at radius 3 is 0.785 bits per heavy atom. The quantitative estimate of drug-likeness (QED) is 0.0146. The lowest BCUT2D eigenvalue weighted by Gasteiger charge is -2.21. The Balaban J connectivity index is 4.38. The molecule has 4 N–H and O–H groups in total. The van der Waals surface area contributed by atoms with Crippen LogP contribution in [0.5, 0.6) is 0 Å². The second kappa shape index (κ2) is 81.4. The summed E-state index contributed by atoms with van der Waals surface area (Å²) in [4.78, 5) is 58.7. The first-order valence-electron chi connectivity index (χ1n) is 42.8. The van der Waals surface area contributed by atoms with Crippen LogP contribution in [0, 0.1) is 0 Å². The zero-order valence-electron chi connectivity index (χ0n) is 67.8. The van der Waals surface area contributed by atoms with E-state index in [-0.39, 0.29) is 19.3 Å². The molecule has 0 aliphatic carbocycles. The first kappa shape index (κ1) is 103. The van der Waals surface area contributed by atoms with Gasteiger partial charge >= 0.3 is 33.6 Å². The van der Waals surface area contributed by atoms with E-state index >= 15 is 0 Å². The van der Waals surface area contributed by atoms with E-state index in [9.17, 15) is 43.5 Å². The number of rotatable bonds is 81. The molecule has 107 heavy (non-hydrogen) atoms. The van der Waals surface area contributed by atoms with Crippen LogP contribution in [0.1, 0.15) is 367 Å². The summed E-state index contributed by atoms with van der Waals surface area (Å²) in [7, 11) is -9.79. The van der Waals surface area contributed by atoms with Crippen LogP contribution in [0.25, 0.3) is 0 Å². The van der Waals surface area contributed by atoms with Crippen LogP contribution in [-0.2, 0) is 55.8 Å². The fourth-order valence-electron chi connectivity index (χ4n) is 11.7. The Morgan fingerprint density at radius 2 is 0.495 bits per heavy atom. The highest BCUT2D eigenvalue weighted by molar-refractivity contribution is 7.47. The van der Waals surface area contributed by atoms with E-state index in [1.807, 2.05) is 0 Å². The molecule has 0 aliphatic heterocycles. The number of phosphoric acid groups is 2. The summed E-state index contributed by atoms with van der Waals surface area (Å²) in [5.41, 5.74) is 0. The highest BCUT2D eigenvalue weighted by Gasteiger charge is 2.29. The minimum Gasteiger partial charge on any atom is -0.463 e. The molecule has 0 aromatic heterocycles. The second-order valence-electron chi connectivity index (χ2n) is 28.6. The van der Waals surface area contributed by atoms with Gasteiger partial charge in [0.15, 0.2) is 6.10 Å². The average Bonchev–Trinajstić information content (AvgIpc) is 0.909. The largest absolute Gasteiger partial charge is 0.472 e. The molecule has 0 radical (unpaired) electrons. The van der Waals surface area contributed by atoms with Gasteiger partial charge in [-0.05, 0) is 109 Å². The summed E-state index contributed by atoms with van der Waals surface area (Å²) in [6.07, 6.45) is 98.4. The molecule has 0 saturated heterocycles. The third-order valence-corrected chi connectivity index (χ3v) is 20.1. The number of ether oxygens (including phenoxy) is 3. The Bertz CT molecular complexity index is 2430. The van der Waals surface area contributed by atoms with Crippen molar-refractivity contribution in [3.05, 3.63) is 122 Å². The van der Waals surface area contributed by atoms with E-state index in [0.29, 0.717) is 19.3 Å². The van der Waals surface area contributed by atoms with E-state index in [2.05, 4.69) is 142 Å². The Kier molecular flexibility index (Phi) is 78.4. The number of hydrogen-bond donors (Lipinski definition) is 4. The lowest BCUT2D eigenvalue weighted by Crippen LogP contribution is -2.30. The fourth-order valence-corrected chi connectivity index (χ4v) is 13.3. The molecular weight excluding hydrogens is 1390 g/mol. The van der Waals surface area contributed by atoms with Gasteiger partial charge in [0.1, 0.15) is 25.4 Å². The summed E-state index contributed by atoms with van der Waals surface area (Å²) in [6.45, 7) is 2.49. The van der Waals surface area contributed by atoms with Gasteiger partial charge in [-0.3, -0.25) is 32.5 Å². The van der Waals surface area contributed by atoms with Crippen molar-refractivity contribution >= 4 is 33.6 Å². The first-order chi connectivity index (χ1) is 52.2. The molecule has 0 fully saturated rings. The molecule has 16 nitrogen and oxygen atoms in total. The van der Waals surface area contributed by atoms with E-state index in [4.69, 9.17) is 32.3 Å². The van der Waals surface area contributed by atoms with Crippen LogP contribution in [0.4, 0.5) is 0 Å². The third kappa shape index (κ3) is 82.7. The van der Waals surface area contributed by atoms with Crippen molar-refractivity contribution in [1.29, 1.82) is 0 Å². The summed E-state index contributed by atoms with van der Waals surface area (Å²) in [5, 5.41) is 20.7. The van der Waals surface area contributed by atoms with Crippen LogP contribution >= 0.6 is 15.6 Å². The smallest absolute Gasteiger partial charge is 0.463 e. The highest BCUT2D eigenvalue weighted by atomic mass is 31.2. The number of esters is 3. The highest BCUT2D eigenvalue weighted by Crippen LogP contribution is 2.45. The molecule has 0 aromatic carbocycles. The summed E-state index contributed by atoms with van der Waals surface area (Å²) in [5.74, 6) is -1.57. The second-order valence-corrected chi connectivity index (χ2v) is 31.5. The molecule has 0 aromatic rings. The summed E-state index contributed by atoms with van der Waals surface area (Å²) in [6, 6.07) is 0. The van der Waals surface area contributed by atoms with E-state index < -0.39 is 91.5 Å². The normalized spacial score (nSPS) is 14.5. The van der Waals surface area contributed by atoms with Gasteiger partial charge in [-0.2, -0.15) is 0 Å². The standard InChI is InChI=1S/C89H156O16P2/c1-4-7-10-13-16-19-22-25-27-29-31-33-35-36-37-38-39-40-41-42-43-44-45-46-48-50-51-53-55-58-60-63-66-69-72-75-87(92)99-78-84(90)79-101-106(95,96)102-80-85(91)81-103-107(97,98)104-83-86(105-89(94)77-74-71-68-65-62-57-24-21-18-15-12-9-6-3)82-100-88(93)76-73-70-67-64-61-59-56-54-52-49-47-34-32-30-28-26-23-20-17-14-11-8-5-2/h7-8,10-11,16-17,19-20,25-28,31-34,36-37,49,52,84-86,90-91H,4-6,9,12-15,18,21-24,29-30,35,38-48,50-51,53-83H2,1-3H3,(H,95,96)(H,97,98)/b10-7-,11-8-,19-16-,20-17-,27-25-,28-26-,33-31-,34-32-,37-36-,52-49-. The average molecular weight is 1540 g/mol. The number of aliphatic hydroxyl groups excluding tert-OH is 2. The van der Waals surface area contributed by atoms with Crippen molar-refractivity contribution in [1.82, 2.24) is 0 Å². The van der Waals surface area contributed by atoms with Crippen LogP contribution in [0.3, 0.4) is 0 Å². The maximum absolute atomic E-state index is 13.0. The molecule has 5 unspecified atom stereocenters. The van der Waals surface area contributed by atoms with Crippen molar-refractivity contribution in [2.45, 2.75) is 386 Å². The Labute approximate surface area is 653 Å². The van der Waals surface area contributed by atoms with Crippen molar-refractivity contribution in [2.24, 2.45) is 0 Å². The number of phosphoric ester groups is 2. The van der Waals surface area contributed by atoms with Crippen molar-refractivity contribution < 1.29 is 75.8 Å². The van der Waals surface area contributed by atoms with Gasteiger partial charge < -0.3 is 34.2 Å². The third-order valence-electron chi connectivity index (χ3n) is 18.2. The lowest BCUT2D eigenvalue weighted by atomic mass is 10.0. The molecule has 618 valence electrons. The number of allylic oxidation sites excluding steroid dienone is 20. The zero-order valence-corrected chi connectivity index (χ0v) is 69.6. The van der Waals surface area contributed by atoms with Crippen molar-refractivity contribution in [3.63, 3.8) is 0 Å². The molecule has 0 amide bonds. The minimum atomic E-state index is -4.93. The van der Waals surface area contributed by atoms with Gasteiger partial charge in [-0.25, -0.2) is 9.13 Å². The van der Waals surface area contributed by atoms with Gasteiger partial charge in [-0.15, -0.1) is 0 Å². The number of aliphatic hydroxyl groups is 2. The summed E-state index contributed by atoms with van der Waals surface area (Å²) < 4.78 is 61.2. The van der Waals surface area contributed by atoms with Crippen LogP contribution in [0.2, 0.25) is 0 Å². The lowest BCUT2D eigenvalue weighted by molar-refractivity contribution is -0.161. The predicted octanol–water partition coefficient (Wildman–Crippen LogP) is 25.7. The topological polar surface area (TPSA) is 231 Å². The monoisotopic (exact) mass is 1540 g/mol. The molecule has 0 saturated carbocycles. The fraction of sp³-hybridized carbons (Fsp3) is 0.742. The van der Waals surface area contributed by atoms with E-state index in [1.165, 1.54) is 154 Å². The van der Waals surface area contributed by atoms with Gasteiger partial charge in [0.05, 0.1) is 26.4 Å². The Hall–Kier alpha value is -4.05. The first-order valence-corrected chi connectivity index (χ1v) is 45.8.